The normalized spacial score (nSPS) is 21.3. The molecule has 2 N–H and O–H groups in total. The first-order valence-corrected chi connectivity index (χ1v) is 16.1. The number of aryl methyl sites for hydroxylation is 1. The Bertz CT molecular complexity index is 1290. The van der Waals surface area contributed by atoms with E-state index in [1.807, 2.05) is 35.2 Å². The number of carbonyl (C=O) groups is 2. The number of esters is 1. The smallest absolute Gasteiger partial charge is 0.305 e. The van der Waals surface area contributed by atoms with Gasteiger partial charge >= 0.3 is 5.97 Å². The van der Waals surface area contributed by atoms with Crippen molar-refractivity contribution >= 4 is 27.6 Å². The third-order valence-electron chi connectivity index (χ3n) is 8.21. The molecule has 41 heavy (non-hydrogen) atoms. The Morgan fingerprint density at radius 3 is 2.46 bits per heavy atom. The zero-order chi connectivity index (χ0) is 29.4. The van der Waals surface area contributed by atoms with Crippen LogP contribution in [0, 0.1) is 5.92 Å². The van der Waals surface area contributed by atoms with E-state index in [4.69, 9.17) is 9.47 Å². The van der Waals surface area contributed by atoms with Gasteiger partial charge in [-0.15, -0.1) is 0 Å². The van der Waals surface area contributed by atoms with E-state index < -0.39 is 10.0 Å². The number of carbonyl (C=O) groups excluding carboxylic acids is 2. The highest BCUT2D eigenvalue weighted by atomic mass is 32.2. The molecule has 2 aromatic carbocycles. The molecular weight excluding hydrogens is 542 g/mol. The van der Waals surface area contributed by atoms with Crippen LogP contribution in [0.15, 0.2) is 47.4 Å². The summed E-state index contributed by atoms with van der Waals surface area (Å²) < 4.78 is 39.8. The minimum Gasteiger partial charge on any atom is -0.469 e. The number of amides is 1. The fourth-order valence-corrected chi connectivity index (χ4v) is 7.18. The van der Waals surface area contributed by atoms with Crippen molar-refractivity contribution in [3.05, 3.63) is 48.0 Å². The number of methoxy groups -OCH3 is 1. The Morgan fingerprint density at radius 1 is 1.07 bits per heavy atom. The zero-order valence-electron chi connectivity index (χ0n) is 24.4. The second-order valence-corrected chi connectivity index (χ2v) is 12.7. The Balaban J connectivity index is 1.37. The molecule has 1 saturated heterocycles. The quantitative estimate of drug-likeness (QED) is 0.377. The van der Waals surface area contributed by atoms with Gasteiger partial charge < -0.3 is 19.7 Å². The SMILES string of the molecule is CCC[C@H]1COCCN1C(=O)C1CCC(NS(=O)(=O)c2ccc(-c3ccc(CCC(=O)OC)cc3)c(NC)c2)CC1. The van der Waals surface area contributed by atoms with Crippen molar-refractivity contribution in [3.8, 4) is 11.1 Å². The molecule has 1 aliphatic heterocycles. The summed E-state index contributed by atoms with van der Waals surface area (Å²) in [6.07, 6.45) is 5.50. The second-order valence-electron chi connectivity index (χ2n) is 10.9. The summed E-state index contributed by atoms with van der Waals surface area (Å²) in [7, 11) is -0.586. The van der Waals surface area contributed by atoms with Crippen LogP contribution in [0.25, 0.3) is 11.1 Å². The summed E-state index contributed by atoms with van der Waals surface area (Å²) >= 11 is 0. The van der Waals surface area contributed by atoms with E-state index in [0.717, 1.165) is 29.5 Å². The van der Waals surface area contributed by atoms with Crippen LogP contribution in [0.2, 0.25) is 0 Å². The van der Waals surface area contributed by atoms with Crippen LogP contribution in [-0.2, 0) is 35.5 Å². The number of morpholine rings is 1. The van der Waals surface area contributed by atoms with Gasteiger partial charge in [-0.05, 0) is 61.8 Å². The third-order valence-corrected chi connectivity index (χ3v) is 9.73. The van der Waals surface area contributed by atoms with Crippen LogP contribution < -0.4 is 10.0 Å². The van der Waals surface area contributed by atoms with Gasteiger partial charge in [0.25, 0.3) is 0 Å². The van der Waals surface area contributed by atoms with Crippen molar-refractivity contribution in [3.63, 3.8) is 0 Å². The van der Waals surface area contributed by atoms with Gasteiger partial charge in [-0.25, -0.2) is 13.1 Å². The van der Waals surface area contributed by atoms with Crippen LogP contribution >= 0.6 is 0 Å². The highest BCUT2D eigenvalue weighted by Gasteiger charge is 2.35. The van der Waals surface area contributed by atoms with Gasteiger partial charge in [0.05, 0.1) is 31.3 Å². The number of hydrogen-bond donors (Lipinski definition) is 2. The van der Waals surface area contributed by atoms with Crippen molar-refractivity contribution in [1.29, 1.82) is 0 Å². The highest BCUT2D eigenvalue weighted by Crippen LogP contribution is 2.32. The predicted molar refractivity (Wildman–Crippen MR) is 159 cm³/mol. The molecule has 0 spiro atoms. The maximum atomic E-state index is 13.3. The summed E-state index contributed by atoms with van der Waals surface area (Å²) in [5, 5.41) is 3.13. The highest BCUT2D eigenvalue weighted by molar-refractivity contribution is 7.89. The number of anilines is 1. The predicted octanol–water partition coefficient (Wildman–Crippen LogP) is 4.37. The van der Waals surface area contributed by atoms with E-state index >= 15 is 0 Å². The monoisotopic (exact) mass is 585 g/mol. The van der Waals surface area contributed by atoms with Gasteiger partial charge in [0, 0.05) is 43.2 Å². The molecule has 2 aromatic rings. The van der Waals surface area contributed by atoms with E-state index in [2.05, 4.69) is 17.0 Å². The molecule has 0 bridgehead atoms. The molecule has 9 nitrogen and oxygen atoms in total. The topological polar surface area (TPSA) is 114 Å². The van der Waals surface area contributed by atoms with E-state index in [1.165, 1.54) is 7.11 Å². The Morgan fingerprint density at radius 2 is 1.80 bits per heavy atom. The number of ether oxygens (including phenoxy) is 2. The molecule has 4 rings (SSSR count). The van der Waals surface area contributed by atoms with E-state index in [9.17, 15) is 18.0 Å². The van der Waals surface area contributed by atoms with Crippen LogP contribution in [-0.4, -0.2) is 71.2 Å². The standard InChI is InChI=1S/C31H43N3O6S/c1-4-5-26-21-40-19-18-34(26)31(36)24-11-13-25(14-12-24)33-41(37,38)27-15-16-28(29(20-27)32-2)23-9-6-22(7-10-23)8-17-30(35)39-3/h6-7,9-10,15-16,20,24-26,32-33H,4-5,8,11-14,17-19,21H2,1-3H3/t24?,25?,26-/m0/s1. The van der Waals surface area contributed by atoms with E-state index in [-0.39, 0.29) is 34.8 Å². The molecule has 2 aliphatic rings. The van der Waals surface area contributed by atoms with Crippen LogP contribution in [0.5, 0.6) is 0 Å². The summed E-state index contributed by atoms with van der Waals surface area (Å²) in [5.41, 5.74) is 3.55. The molecular formula is C31H43N3O6S. The third kappa shape index (κ3) is 7.87. The van der Waals surface area contributed by atoms with Crippen molar-refractivity contribution in [1.82, 2.24) is 9.62 Å². The number of nitrogens with zero attached hydrogens (tertiary/aromatic N) is 1. The Hall–Kier alpha value is -2.95. The summed E-state index contributed by atoms with van der Waals surface area (Å²) in [4.78, 5) is 26.9. The first kappa shape index (κ1) is 31.0. The lowest BCUT2D eigenvalue weighted by Gasteiger charge is -2.39. The average molecular weight is 586 g/mol. The van der Waals surface area contributed by atoms with Gasteiger partial charge in [0.15, 0.2) is 0 Å². The zero-order valence-corrected chi connectivity index (χ0v) is 25.2. The summed E-state index contributed by atoms with van der Waals surface area (Å²) in [6.45, 7) is 3.94. The molecule has 1 amide bonds. The summed E-state index contributed by atoms with van der Waals surface area (Å²) in [6, 6.07) is 12.9. The maximum Gasteiger partial charge on any atom is 0.305 e. The van der Waals surface area contributed by atoms with Gasteiger partial charge in [-0.1, -0.05) is 43.7 Å². The second kappa shape index (κ2) is 14.3. The lowest BCUT2D eigenvalue weighted by Crippen LogP contribution is -2.51. The molecule has 0 radical (unpaired) electrons. The number of benzene rings is 2. The fourth-order valence-electron chi connectivity index (χ4n) is 5.85. The van der Waals surface area contributed by atoms with Crippen LogP contribution in [0.1, 0.15) is 57.4 Å². The summed E-state index contributed by atoms with van der Waals surface area (Å²) in [5.74, 6) is -0.110. The minimum absolute atomic E-state index is 0.0600. The number of sulfonamides is 1. The Labute approximate surface area is 244 Å². The molecule has 1 heterocycles. The fraction of sp³-hybridized carbons (Fsp3) is 0.548. The van der Waals surface area contributed by atoms with Crippen molar-refractivity contribution in [2.45, 2.75) is 75.3 Å². The largest absolute Gasteiger partial charge is 0.469 e. The van der Waals surface area contributed by atoms with E-state index in [0.29, 0.717) is 64.0 Å². The van der Waals surface area contributed by atoms with Crippen molar-refractivity contribution in [2.24, 2.45) is 5.92 Å². The molecule has 0 aromatic heterocycles. The molecule has 1 aliphatic carbocycles. The number of nitrogens with one attached hydrogen (secondary N) is 2. The molecule has 10 heteroatoms. The number of rotatable bonds is 11. The number of hydrogen-bond acceptors (Lipinski definition) is 7. The lowest BCUT2D eigenvalue weighted by molar-refractivity contribution is -0.145. The molecule has 2 fully saturated rings. The Kier molecular flexibility index (Phi) is 10.8. The van der Waals surface area contributed by atoms with Gasteiger partial charge in [0.1, 0.15) is 0 Å². The average Bonchev–Trinajstić information content (AvgIpc) is 3.00. The molecule has 224 valence electrons. The van der Waals surface area contributed by atoms with E-state index in [1.54, 1.807) is 19.2 Å². The first-order valence-electron chi connectivity index (χ1n) is 14.6. The lowest BCUT2D eigenvalue weighted by atomic mass is 9.85. The first-order chi connectivity index (χ1) is 19.7. The van der Waals surface area contributed by atoms with Gasteiger partial charge in [-0.2, -0.15) is 0 Å². The van der Waals surface area contributed by atoms with Crippen molar-refractivity contribution in [2.75, 3.05) is 39.2 Å². The molecule has 1 saturated carbocycles. The van der Waals surface area contributed by atoms with Crippen LogP contribution in [0.4, 0.5) is 5.69 Å². The molecule has 0 unspecified atom stereocenters. The van der Waals surface area contributed by atoms with Crippen molar-refractivity contribution < 1.29 is 27.5 Å². The minimum atomic E-state index is -3.74. The maximum absolute atomic E-state index is 13.3. The van der Waals surface area contributed by atoms with Gasteiger partial charge in [-0.3, -0.25) is 9.59 Å². The van der Waals surface area contributed by atoms with Crippen LogP contribution in [0.3, 0.4) is 0 Å². The molecule has 1 atom stereocenters. The van der Waals surface area contributed by atoms with Gasteiger partial charge in [0.2, 0.25) is 15.9 Å².